The van der Waals surface area contributed by atoms with Gasteiger partial charge in [-0.15, -0.1) is 0 Å². The average Bonchev–Trinajstić information content (AvgIpc) is 0.829. The van der Waals surface area contributed by atoms with Crippen molar-refractivity contribution in [3.8, 4) is 5.75 Å². The van der Waals surface area contributed by atoms with Crippen LogP contribution in [0.2, 0.25) is 0 Å². The Morgan fingerprint density at radius 1 is 0.438 bits per heavy atom. The van der Waals surface area contributed by atoms with Crippen molar-refractivity contribution in [2.24, 2.45) is 28.3 Å². The van der Waals surface area contributed by atoms with Gasteiger partial charge in [-0.2, -0.15) is 0 Å². The summed E-state index contributed by atoms with van der Waals surface area (Å²) in [5.74, 6) is -21.3. The second kappa shape index (κ2) is 64.2. The number of phenols is 1. The molecule has 20 atom stereocenters. The predicted molar refractivity (Wildman–Crippen MR) is 519 cm³/mol. The van der Waals surface area contributed by atoms with Gasteiger partial charge in [0.2, 0.25) is 29.5 Å². The number of carbonyl (C=O) groups excluding carboxylic acids is 23. The number of nitrogens with one attached hydrogen (secondary N) is 25. The van der Waals surface area contributed by atoms with Gasteiger partial charge in [-0.05, 0) is 140 Å². The molecule has 4 rings (SSSR count). The molecule has 0 radical (unpaired) electrons. The van der Waals surface area contributed by atoms with Crippen LogP contribution in [0.25, 0.3) is 0 Å². The first-order valence-corrected chi connectivity index (χ1v) is 46.3. The van der Waals surface area contributed by atoms with Gasteiger partial charge in [0, 0.05) is 24.9 Å². The molecule has 55 nitrogen and oxygen atoms in total. The van der Waals surface area contributed by atoms with E-state index in [1.807, 2.05) is 0 Å². The van der Waals surface area contributed by atoms with Crippen LogP contribution in [-0.2, 0) is 134 Å². The molecule has 1 heterocycles. The maximum absolute atomic E-state index is 15.6. The molecule has 1 unspecified atom stereocenters. The summed E-state index contributed by atoms with van der Waals surface area (Å²) in [4.78, 5) is 331. The standard InChI is InChI=1S/C91H133N29O26/c1-50(41-121)101-69(78(137)115-71(105-57(44-124)26-20-34-99-89(96)97)80(139)112-68(67(93)135)104-56(43-123)25-19-33-98-88(94)95)113-81(140)72(107-60(47-127)37-55-27-29-63(130)30-28-55)117-83(142)73(106-58(45-125)35-53-21-13-11-14-22-53)116-79(138)70(102-51(2)42-122)114-82(141)74(109-61(48-128)38-64(92)131)118-84(143)75(108-59(46-126)36-54-23-15-12-16-24-54)119-87(146)91(6)32-18-10-8-7-9-17-31-90(4,5)86(145)103-52(3)77(136)100-40-65(132)111-76(85(144)120-91)110-62(49-129)39-66(133)134/h7-8,11-16,21-24,27-30,41-52,56-62,68-76,101-102,104-110,130H,9-10,17-20,25-26,31-40H2,1-6H3,(H2,92,131)(H2,93,135)(H,100,136)(H,103,145)(H,111,132)(H,112,139)(H,113,140)(H,114,141)(H,115,137)(H,116,138)(H,117,142)(H,118,143)(H,119,146)(H,120,144)(H,133,134)(H4,94,95,98)(H4,96,97,99)/b8-7-/t50-,51-,52-,56+,57+,58+,59+,60+,61+,62+,68+,69+,70?,71+,72-,73+,74+,75+,76+,91-/m0/s1. The van der Waals surface area contributed by atoms with Crippen LogP contribution in [0.4, 0.5) is 0 Å². The molecule has 1 aliphatic heterocycles. The number of allylic oxidation sites excluding steroid dienone is 2. The predicted octanol–water partition coefficient (Wildman–Crippen LogP) is -11.4. The Kier molecular flexibility index (Phi) is 54.0. The normalized spacial score (nSPS) is 18.9. The number of hydrogen-bond acceptors (Lipinski definition) is 36. The van der Waals surface area contributed by atoms with Gasteiger partial charge in [-0.25, -0.2) is 0 Å². The molecule has 14 amide bonds. The Morgan fingerprint density at radius 2 is 0.795 bits per heavy atom. The Bertz CT molecular complexity index is 5010. The molecule has 3 aromatic rings. The number of aromatic hydroxyl groups is 1. The van der Waals surface area contributed by atoms with E-state index in [1.54, 1.807) is 74.5 Å². The van der Waals surface area contributed by atoms with Gasteiger partial charge in [-0.1, -0.05) is 98.8 Å². The summed E-state index contributed by atoms with van der Waals surface area (Å²) >= 11 is 0. The highest BCUT2D eigenvalue weighted by Crippen LogP contribution is 2.25. The van der Waals surface area contributed by atoms with Crippen molar-refractivity contribution >= 4 is 157 Å². The first-order valence-electron chi connectivity index (χ1n) is 46.3. The van der Waals surface area contributed by atoms with Crippen LogP contribution in [0.5, 0.6) is 5.75 Å². The average molecular weight is 2050 g/mol. The molecule has 0 bridgehead atoms. The zero-order valence-electron chi connectivity index (χ0n) is 81.1. The van der Waals surface area contributed by atoms with Crippen molar-refractivity contribution in [1.29, 1.82) is 10.8 Å². The van der Waals surface area contributed by atoms with Gasteiger partial charge in [0.25, 0.3) is 53.2 Å². The molecule has 55 heteroatoms. The lowest BCUT2D eigenvalue weighted by Gasteiger charge is -2.34. The molecule has 0 spiro atoms. The van der Waals surface area contributed by atoms with E-state index in [0.717, 1.165) is 20.8 Å². The fraction of sp³-hybridized carbons (Fsp3) is 0.495. The number of amides is 14. The van der Waals surface area contributed by atoms with E-state index in [9.17, 15) is 96.5 Å². The molecule has 0 saturated carbocycles. The number of hydrogen-bond donors (Lipinski definition) is 31. The Labute approximate surface area is 838 Å². The number of aldehydes is 9. The first kappa shape index (κ1) is 123. The topological polar surface area (TPSA) is 879 Å². The van der Waals surface area contributed by atoms with Crippen molar-refractivity contribution < 1.29 is 125 Å². The largest absolute Gasteiger partial charge is 0.508 e. The second-order valence-corrected chi connectivity index (χ2v) is 34.8. The minimum Gasteiger partial charge on any atom is -0.508 e. The van der Waals surface area contributed by atoms with Crippen molar-refractivity contribution in [2.45, 2.75) is 259 Å². The molecule has 0 aromatic heterocycles. The highest BCUT2D eigenvalue weighted by Gasteiger charge is 2.44. The second-order valence-electron chi connectivity index (χ2n) is 34.8. The van der Waals surface area contributed by atoms with Gasteiger partial charge in [0.1, 0.15) is 73.9 Å². The summed E-state index contributed by atoms with van der Waals surface area (Å²) in [7, 11) is 0. The third kappa shape index (κ3) is 45.8. The van der Waals surface area contributed by atoms with E-state index < -0.39 is 260 Å². The number of nitrogens with two attached hydrogens (primary N) is 4. The first-order chi connectivity index (χ1) is 69.2. The van der Waals surface area contributed by atoms with E-state index >= 15 is 28.8 Å². The summed E-state index contributed by atoms with van der Waals surface area (Å²) < 4.78 is 0. The van der Waals surface area contributed by atoms with Gasteiger partial charge in [-0.3, -0.25) is 131 Å². The zero-order chi connectivity index (χ0) is 109. The maximum Gasteiger partial charge on any atom is 0.305 e. The van der Waals surface area contributed by atoms with Crippen LogP contribution in [0.1, 0.15) is 135 Å². The number of carboxylic acid groups (broad SMARTS) is 1. The summed E-state index contributed by atoms with van der Waals surface area (Å²) in [6.45, 7) is 7.18. The third-order valence-electron chi connectivity index (χ3n) is 21.9. The SMILES string of the molecule is C[C@@H]1NC(=O)C(C)(C)CCC/C=C\CCC[C@@](C)(C(=O)N[C@@H](N[C@@H](C=O)Cc2ccccc2)C(=O)N[C@@H](N[C@@H](C=O)CC(N)=O)C(=O)NC(N[C@@H](C)C=O)C(=O)N[C@@H](N[C@@H](C=O)Cc2ccccc2)C(=O)N[C@H](N[C@@H](C=O)Cc2ccc(O)cc2)C(=O)N[C@@H](N[C@@H](C)C=O)C(=O)N[C@@H](N[C@@H](C=O)CCCNC(=N)N)C(=O)N[C@@H](N[C@@H](C=O)CCCNC(=N)N)C(N)=O)NC(=O)[C@H](N[C@@H](C=O)CC(=O)O)NC(=O)CNC1=O. The van der Waals surface area contributed by atoms with E-state index in [4.69, 9.17) is 33.8 Å². The van der Waals surface area contributed by atoms with Gasteiger partial charge in [0.05, 0.1) is 67.3 Å². The minimum absolute atomic E-state index is 0.0212. The van der Waals surface area contributed by atoms with Crippen molar-refractivity contribution in [1.82, 2.24) is 122 Å². The Morgan fingerprint density at radius 3 is 1.16 bits per heavy atom. The highest BCUT2D eigenvalue weighted by atomic mass is 16.4. The number of aliphatic carboxylic acids is 1. The lowest BCUT2D eigenvalue weighted by molar-refractivity contribution is -0.140. The van der Waals surface area contributed by atoms with Crippen LogP contribution in [-0.4, -0.2) is 308 Å². The Hall–Kier alpha value is -15.5. The number of carboxylic acids is 1. The molecule has 798 valence electrons. The van der Waals surface area contributed by atoms with Crippen LogP contribution >= 0.6 is 0 Å². The smallest absolute Gasteiger partial charge is 0.305 e. The van der Waals surface area contributed by atoms with Crippen LogP contribution in [0.15, 0.2) is 97.1 Å². The van der Waals surface area contributed by atoms with E-state index in [1.165, 1.54) is 43.3 Å². The monoisotopic (exact) mass is 2050 g/mol. The van der Waals surface area contributed by atoms with Gasteiger partial charge < -0.3 is 151 Å². The van der Waals surface area contributed by atoms with Crippen molar-refractivity contribution in [2.75, 3.05) is 19.6 Å². The lowest BCUT2D eigenvalue weighted by Crippen LogP contribution is -2.71. The molecule has 0 aliphatic carbocycles. The summed E-state index contributed by atoms with van der Waals surface area (Å²) in [5.41, 5.74) is 19.7. The van der Waals surface area contributed by atoms with Crippen LogP contribution < -0.4 is 145 Å². The molecule has 146 heavy (non-hydrogen) atoms. The van der Waals surface area contributed by atoms with Crippen LogP contribution in [0.3, 0.4) is 0 Å². The maximum atomic E-state index is 15.6. The third-order valence-corrected chi connectivity index (χ3v) is 21.9. The lowest BCUT2D eigenvalue weighted by atomic mass is 9.86. The molecule has 0 fully saturated rings. The van der Waals surface area contributed by atoms with Crippen LogP contribution in [0, 0.1) is 16.2 Å². The summed E-state index contributed by atoms with van der Waals surface area (Å²) in [6, 6.07) is 5.56. The number of rotatable bonds is 62. The number of carbonyl (C=O) groups is 24. The zero-order valence-corrected chi connectivity index (χ0v) is 81.1. The van der Waals surface area contributed by atoms with E-state index in [-0.39, 0.29) is 113 Å². The molecule has 0 saturated heterocycles. The molecular formula is C91H133N29O26. The van der Waals surface area contributed by atoms with Crippen molar-refractivity contribution in [3.63, 3.8) is 0 Å². The Balaban J connectivity index is 1.98. The van der Waals surface area contributed by atoms with Gasteiger partial charge in [0.15, 0.2) is 67.4 Å². The fourth-order valence-corrected chi connectivity index (χ4v) is 14.0. The molecular weight excluding hydrogens is 1920 g/mol. The number of benzene rings is 3. The number of guanidine groups is 2. The highest BCUT2D eigenvalue weighted by molar-refractivity contribution is 6.01. The van der Waals surface area contributed by atoms with E-state index in [2.05, 4.69) is 122 Å². The summed E-state index contributed by atoms with van der Waals surface area (Å²) in [6.07, 6.45) is -17.5. The van der Waals surface area contributed by atoms with Crippen molar-refractivity contribution in [3.05, 3.63) is 114 Å². The van der Waals surface area contributed by atoms with E-state index in [0.29, 0.717) is 49.2 Å². The van der Waals surface area contributed by atoms with Gasteiger partial charge >= 0.3 is 5.97 Å². The number of primary amides is 2. The molecule has 3 aromatic carbocycles. The molecule has 1 aliphatic rings. The number of phenolic OH excluding ortho intramolecular Hbond substituents is 1. The minimum atomic E-state index is -2.52. The quantitative estimate of drug-likeness (QED) is 0.00623. The molecule has 35 N–H and O–H groups in total. The summed E-state index contributed by atoms with van der Waals surface area (Å²) in [5, 5.41) is 90.4. The fourth-order valence-electron chi connectivity index (χ4n) is 14.0.